The molecule has 0 aliphatic carbocycles. The van der Waals surface area contributed by atoms with E-state index in [0.29, 0.717) is 6.42 Å². The maximum Gasteiger partial charge on any atom is 0.222 e. The van der Waals surface area contributed by atoms with Crippen molar-refractivity contribution in [2.75, 3.05) is 13.6 Å². The lowest BCUT2D eigenvalue weighted by Gasteiger charge is -2.25. The van der Waals surface area contributed by atoms with Crippen LogP contribution in [0.3, 0.4) is 0 Å². The third kappa shape index (κ3) is 5.51. The summed E-state index contributed by atoms with van der Waals surface area (Å²) in [6.45, 7) is 2.77. The van der Waals surface area contributed by atoms with Gasteiger partial charge in [-0.15, -0.1) is 0 Å². The first kappa shape index (κ1) is 17.0. The molecule has 1 aromatic carbocycles. The van der Waals surface area contributed by atoms with Crippen LogP contribution in [0.15, 0.2) is 24.3 Å². The smallest absolute Gasteiger partial charge is 0.222 e. The van der Waals surface area contributed by atoms with E-state index in [1.807, 2.05) is 43.1 Å². The van der Waals surface area contributed by atoms with E-state index in [2.05, 4.69) is 0 Å². The Morgan fingerprint density at radius 1 is 1.20 bits per heavy atom. The third-order valence-corrected chi connectivity index (χ3v) is 3.92. The average molecular weight is 297 g/mol. The quantitative estimate of drug-likeness (QED) is 0.742. The molecule has 0 aliphatic rings. The van der Waals surface area contributed by atoms with Crippen LogP contribution in [0.5, 0.6) is 0 Å². The molecule has 112 valence electrons. The number of rotatable bonds is 8. The van der Waals surface area contributed by atoms with Gasteiger partial charge in [0.2, 0.25) is 5.91 Å². The monoisotopic (exact) mass is 296 g/mol. The van der Waals surface area contributed by atoms with Gasteiger partial charge in [0.1, 0.15) is 0 Å². The van der Waals surface area contributed by atoms with E-state index in [4.69, 9.17) is 17.3 Å². The standard InChI is InChI=1S/C16H25ClN2O/c1-13(14-8-10-15(17)11-9-14)19(2)16(20)7-5-3-4-6-12-18/h8-11,13H,3-7,12,18H2,1-2H3. The van der Waals surface area contributed by atoms with Gasteiger partial charge in [0.15, 0.2) is 0 Å². The van der Waals surface area contributed by atoms with Crippen molar-refractivity contribution >= 4 is 17.5 Å². The minimum atomic E-state index is 0.0730. The molecule has 0 saturated heterocycles. The lowest BCUT2D eigenvalue weighted by Crippen LogP contribution is -2.29. The second-order valence-electron chi connectivity index (χ2n) is 5.19. The van der Waals surface area contributed by atoms with Crippen molar-refractivity contribution in [2.24, 2.45) is 5.73 Å². The number of unbranched alkanes of at least 4 members (excludes halogenated alkanes) is 3. The van der Waals surface area contributed by atoms with Crippen LogP contribution in [0, 0.1) is 0 Å². The van der Waals surface area contributed by atoms with Crippen LogP contribution in [-0.4, -0.2) is 24.4 Å². The number of hydrogen-bond acceptors (Lipinski definition) is 2. The van der Waals surface area contributed by atoms with Gasteiger partial charge in [-0.3, -0.25) is 4.79 Å². The van der Waals surface area contributed by atoms with Crippen LogP contribution < -0.4 is 5.73 Å². The maximum atomic E-state index is 12.1. The highest BCUT2D eigenvalue weighted by molar-refractivity contribution is 6.30. The van der Waals surface area contributed by atoms with Crippen molar-refractivity contribution in [3.63, 3.8) is 0 Å². The van der Waals surface area contributed by atoms with Gasteiger partial charge in [0.25, 0.3) is 0 Å². The summed E-state index contributed by atoms with van der Waals surface area (Å²) in [5, 5.41) is 0.717. The van der Waals surface area contributed by atoms with Crippen LogP contribution in [0.25, 0.3) is 0 Å². The fraction of sp³-hybridized carbons (Fsp3) is 0.562. The van der Waals surface area contributed by atoms with Gasteiger partial charge in [-0.2, -0.15) is 0 Å². The van der Waals surface area contributed by atoms with Crippen molar-refractivity contribution < 1.29 is 4.79 Å². The Bertz CT molecular complexity index is 405. The summed E-state index contributed by atoms with van der Waals surface area (Å²) in [6, 6.07) is 7.73. The predicted molar refractivity (Wildman–Crippen MR) is 84.8 cm³/mol. The Hall–Kier alpha value is -1.06. The van der Waals surface area contributed by atoms with Crippen molar-refractivity contribution in [3.05, 3.63) is 34.9 Å². The third-order valence-electron chi connectivity index (χ3n) is 3.67. The first-order valence-corrected chi connectivity index (χ1v) is 7.65. The number of hydrogen-bond donors (Lipinski definition) is 1. The van der Waals surface area contributed by atoms with Gasteiger partial charge >= 0.3 is 0 Å². The molecule has 3 nitrogen and oxygen atoms in total. The summed E-state index contributed by atoms with van der Waals surface area (Å²) in [7, 11) is 1.86. The summed E-state index contributed by atoms with van der Waals surface area (Å²) >= 11 is 5.88. The molecule has 1 aromatic rings. The minimum absolute atomic E-state index is 0.0730. The highest BCUT2D eigenvalue weighted by Gasteiger charge is 2.16. The molecule has 0 radical (unpaired) electrons. The normalized spacial score (nSPS) is 12.2. The summed E-state index contributed by atoms with van der Waals surface area (Å²) in [5.41, 5.74) is 6.55. The van der Waals surface area contributed by atoms with Crippen LogP contribution >= 0.6 is 11.6 Å². The highest BCUT2D eigenvalue weighted by atomic mass is 35.5. The number of nitrogens with two attached hydrogens (primary N) is 1. The Kier molecular flexibility index (Phi) is 7.63. The van der Waals surface area contributed by atoms with Crippen LogP contribution in [0.4, 0.5) is 0 Å². The number of benzene rings is 1. The lowest BCUT2D eigenvalue weighted by molar-refractivity contribution is -0.131. The zero-order chi connectivity index (χ0) is 15.0. The fourth-order valence-electron chi connectivity index (χ4n) is 2.13. The Morgan fingerprint density at radius 2 is 1.80 bits per heavy atom. The molecular weight excluding hydrogens is 272 g/mol. The molecule has 0 bridgehead atoms. The van der Waals surface area contributed by atoms with Gasteiger partial charge in [-0.25, -0.2) is 0 Å². The average Bonchev–Trinajstić information content (AvgIpc) is 2.46. The number of carbonyl (C=O) groups excluding carboxylic acids is 1. The first-order chi connectivity index (χ1) is 9.56. The largest absolute Gasteiger partial charge is 0.339 e. The zero-order valence-electron chi connectivity index (χ0n) is 12.4. The van der Waals surface area contributed by atoms with E-state index in [9.17, 15) is 4.79 Å². The summed E-state index contributed by atoms with van der Waals surface area (Å²) in [6.07, 6.45) is 4.78. The topological polar surface area (TPSA) is 46.3 Å². The number of nitrogens with zero attached hydrogens (tertiary/aromatic N) is 1. The molecule has 1 atom stereocenters. The molecule has 1 amide bonds. The van der Waals surface area contributed by atoms with E-state index in [0.717, 1.165) is 42.8 Å². The summed E-state index contributed by atoms with van der Waals surface area (Å²) in [4.78, 5) is 13.9. The van der Waals surface area contributed by atoms with Crippen LogP contribution in [0.2, 0.25) is 5.02 Å². The lowest BCUT2D eigenvalue weighted by atomic mass is 10.1. The van der Waals surface area contributed by atoms with Gasteiger partial charge in [0.05, 0.1) is 6.04 Å². The molecule has 20 heavy (non-hydrogen) atoms. The highest BCUT2D eigenvalue weighted by Crippen LogP contribution is 2.21. The number of amides is 1. The second-order valence-corrected chi connectivity index (χ2v) is 5.62. The number of halogens is 1. The number of carbonyl (C=O) groups is 1. The van der Waals surface area contributed by atoms with Crippen molar-refractivity contribution in [2.45, 2.75) is 45.1 Å². The van der Waals surface area contributed by atoms with E-state index in [1.165, 1.54) is 0 Å². The van der Waals surface area contributed by atoms with E-state index < -0.39 is 0 Å². The van der Waals surface area contributed by atoms with Crippen LogP contribution in [0.1, 0.15) is 50.6 Å². The maximum absolute atomic E-state index is 12.1. The van der Waals surface area contributed by atoms with Crippen molar-refractivity contribution in [1.29, 1.82) is 0 Å². The van der Waals surface area contributed by atoms with Gasteiger partial charge in [-0.1, -0.05) is 36.6 Å². The Morgan fingerprint density at radius 3 is 2.40 bits per heavy atom. The molecule has 0 aliphatic heterocycles. The zero-order valence-corrected chi connectivity index (χ0v) is 13.2. The van der Waals surface area contributed by atoms with Gasteiger partial charge in [-0.05, 0) is 44.0 Å². The Labute approximate surface area is 127 Å². The van der Waals surface area contributed by atoms with Crippen molar-refractivity contribution in [1.82, 2.24) is 4.90 Å². The molecule has 0 heterocycles. The molecule has 0 spiro atoms. The van der Waals surface area contributed by atoms with E-state index in [-0.39, 0.29) is 11.9 Å². The molecular formula is C16H25ClN2O. The Balaban J connectivity index is 2.41. The molecule has 4 heteroatoms. The molecule has 1 unspecified atom stereocenters. The summed E-state index contributed by atoms with van der Waals surface area (Å²) in [5.74, 6) is 0.195. The van der Waals surface area contributed by atoms with Gasteiger partial charge < -0.3 is 10.6 Å². The van der Waals surface area contributed by atoms with E-state index in [1.54, 1.807) is 0 Å². The molecule has 1 rings (SSSR count). The van der Waals surface area contributed by atoms with E-state index >= 15 is 0 Å². The van der Waals surface area contributed by atoms with Gasteiger partial charge in [0, 0.05) is 18.5 Å². The van der Waals surface area contributed by atoms with Crippen molar-refractivity contribution in [3.8, 4) is 0 Å². The van der Waals surface area contributed by atoms with Crippen LogP contribution in [-0.2, 0) is 4.79 Å². The molecule has 0 saturated carbocycles. The molecule has 2 N–H and O–H groups in total. The fourth-order valence-corrected chi connectivity index (χ4v) is 2.26. The second kappa shape index (κ2) is 8.98. The minimum Gasteiger partial charge on any atom is -0.339 e. The molecule has 0 fully saturated rings. The SMILES string of the molecule is CC(c1ccc(Cl)cc1)N(C)C(=O)CCCCCCN. The molecule has 0 aromatic heterocycles. The predicted octanol–water partition coefficient (Wildman–Crippen LogP) is 3.77. The first-order valence-electron chi connectivity index (χ1n) is 7.27. The summed E-state index contributed by atoms with van der Waals surface area (Å²) < 4.78 is 0.